The Morgan fingerprint density at radius 3 is 2.68 bits per heavy atom. The maximum atomic E-state index is 12.7. The fourth-order valence-corrected chi connectivity index (χ4v) is 3.69. The van der Waals surface area contributed by atoms with Crippen LogP contribution < -0.4 is 10.9 Å². The summed E-state index contributed by atoms with van der Waals surface area (Å²) in [7, 11) is 0. The number of H-pyrrole nitrogens is 1. The van der Waals surface area contributed by atoms with Crippen LogP contribution in [-0.4, -0.2) is 15.5 Å². The van der Waals surface area contributed by atoms with Crippen molar-refractivity contribution in [2.24, 2.45) is 0 Å². The number of rotatable bonds is 8. The van der Waals surface area contributed by atoms with Crippen LogP contribution in [-0.2, 0) is 17.9 Å². The molecule has 0 aliphatic carbocycles. The average Bonchev–Trinajstić information content (AvgIpc) is 2.70. The van der Waals surface area contributed by atoms with E-state index < -0.39 is 0 Å². The van der Waals surface area contributed by atoms with E-state index in [-0.39, 0.29) is 11.5 Å². The molecule has 0 spiro atoms. The molecular formula is C21H22BrN3O2S. The Balaban J connectivity index is 1.47. The first-order chi connectivity index (χ1) is 13.5. The van der Waals surface area contributed by atoms with Gasteiger partial charge in [-0.1, -0.05) is 52.7 Å². The van der Waals surface area contributed by atoms with Crippen molar-refractivity contribution >= 4 is 45.0 Å². The monoisotopic (exact) mass is 459 g/mol. The van der Waals surface area contributed by atoms with Crippen LogP contribution in [0.2, 0.25) is 0 Å². The molecule has 3 aromatic rings. The minimum absolute atomic E-state index is 0.0499. The summed E-state index contributed by atoms with van der Waals surface area (Å²) in [5.74, 6) is 0.0499. The predicted molar refractivity (Wildman–Crippen MR) is 118 cm³/mol. The number of carbonyl (C=O) groups excluding carboxylic acids is 1. The molecular weight excluding hydrogens is 438 g/mol. The lowest BCUT2D eigenvalue weighted by Gasteiger charge is -2.09. The SMILES string of the molecule is O=C(CCCCCn1c(=S)[nH]c2ccc(Br)cc2c1=O)NCc1ccccc1. The van der Waals surface area contributed by atoms with Gasteiger partial charge in [0.1, 0.15) is 0 Å². The molecule has 0 saturated heterocycles. The van der Waals surface area contributed by atoms with Crippen LogP contribution in [0.25, 0.3) is 10.9 Å². The summed E-state index contributed by atoms with van der Waals surface area (Å²) in [4.78, 5) is 27.7. The lowest BCUT2D eigenvalue weighted by molar-refractivity contribution is -0.121. The van der Waals surface area contributed by atoms with E-state index in [2.05, 4.69) is 26.2 Å². The van der Waals surface area contributed by atoms with Crippen molar-refractivity contribution in [3.63, 3.8) is 0 Å². The molecule has 0 saturated carbocycles. The minimum Gasteiger partial charge on any atom is -0.352 e. The Hall–Kier alpha value is -2.25. The smallest absolute Gasteiger partial charge is 0.262 e. The predicted octanol–water partition coefficient (Wildman–Crippen LogP) is 4.70. The molecule has 0 fully saturated rings. The molecule has 0 atom stereocenters. The van der Waals surface area contributed by atoms with Crippen molar-refractivity contribution in [2.75, 3.05) is 0 Å². The second-order valence-electron chi connectivity index (χ2n) is 6.65. The molecule has 28 heavy (non-hydrogen) atoms. The zero-order valence-corrected chi connectivity index (χ0v) is 17.8. The number of hydrogen-bond donors (Lipinski definition) is 2. The van der Waals surface area contributed by atoms with E-state index in [0.717, 1.165) is 34.8 Å². The Morgan fingerprint density at radius 1 is 1.11 bits per heavy atom. The number of nitrogens with zero attached hydrogens (tertiary/aromatic N) is 1. The molecule has 2 N–H and O–H groups in total. The maximum absolute atomic E-state index is 12.7. The van der Waals surface area contributed by atoms with Crippen LogP contribution in [0.5, 0.6) is 0 Å². The Bertz CT molecular complexity index is 1080. The average molecular weight is 460 g/mol. The molecule has 1 heterocycles. The number of fused-ring (bicyclic) bond motifs is 1. The van der Waals surface area contributed by atoms with Crippen LogP contribution in [0.3, 0.4) is 0 Å². The van der Waals surface area contributed by atoms with Crippen molar-refractivity contribution < 1.29 is 4.79 Å². The Morgan fingerprint density at radius 2 is 1.89 bits per heavy atom. The molecule has 0 radical (unpaired) electrons. The van der Waals surface area contributed by atoms with Gasteiger partial charge in [0.2, 0.25) is 5.91 Å². The van der Waals surface area contributed by atoms with Crippen LogP contribution in [0.1, 0.15) is 31.2 Å². The molecule has 7 heteroatoms. The lowest BCUT2D eigenvalue weighted by atomic mass is 10.1. The first-order valence-electron chi connectivity index (χ1n) is 9.27. The Kier molecular flexibility index (Phi) is 7.17. The minimum atomic E-state index is -0.0827. The van der Waals surface area contributed by atoms with Gasteiger partial charge >= 0.3 is 0 Å². The highest BCUT2D eigenvalue weighted by atomic mass is 79.9. The number of nitrogens with one attached hydrogen (secondary N) is 2. The quantitative estimate of drug-likeness (QED) is 0.378. The summed E-state index contributed by atoms with van der Waals surface area (Å²) in [6.07, 6.45) is 2.92. The van der Waals surface area contributed by atoms with Crippen molar-refractivity contribution in [2.45, 2.75) is 38.8 Å². The van der Waals surface area contributed by atoms with E-state index in [4.69, 9.17) is 12.2 Å². The second kappa shape index (κ2) is 9.80. The zero-order chi connectivity index (χ0) is 19.9. The fourth-order valence-electron chi connectivity index (χ4n) is 3.04. The van der Waals surface area contributed by atoms with E-state index in [1.807, 2.05) is 42.5 Å². The van der Waals surface area contributed by atoms with Crippen molar-refractivity contribution in [1.82, 2.24) is 14.9 Å². The molecule has 0 aliphatic heterocycles. The van der Waals surface area contributed by atoms with Gasteiger partial charge in [-0.05, 0) is 48.8 Å². The molecule has 5 nitrogen and oxygen atoms in total. The molecule has 1 aromatic heterocycles. The van der Waals surface area contributed by atoms with Crippen LogP contribution in [0, 0.1) is 4.77 Å². The van der Waals surface area contributed by atoms with E-state index >= 15 is 0 Å². The van der Waals surface area contributed by atoms with Crippen molar-refractivity contribution in [1.29, 1.82) is 0 Å². The van der Waals surface area contributed by atoms with Gasteiger partial charge in [0, 0.05) is 24.0 Å². The van der Waals surface area contributed by atoms with Gasteiger partial charge in [0.05, 0.1) is 10.9 Å². The summed E-state index contributed by atoms with van der Waals surface area (Å²) >= 11 is 8.73. The number of hydrogen-bond acceptors (Lipinski definition) is 3. The largest absolute Gasteiger partial charge is 0.352 e. The molecule has 146 valence electrons. The van der Waals surface area contributed by atoms with Crippen LogP contribution >= 0.6 is 28.1 Å². The standard InChI is InChI=1S/C21H22BrN3O2S/c22-16-10-11-18-17(13-16)20(27)25(21(28)24-18)12-6-2-5-9-19(26)23-14-15-7-3-1-4-8-15/h1,3-4,7-8,10-11,13H,2,5-6,9,12,14H2,(H,23,26)(H,24,28). The third-order valence-corrected chi connectivity index (χ3v) is 5.38. The van der Waals surface area contributed by atoms with Crippen LogP contribution in [0.15, 0.2) is 57.8 Å². The number of halogens is 1. The highest BCUT2D eigenvalue weighted by molar-refractivity contribution is 9.10. The van der Waals surface area contributed by atoms with Gasteiger partial charge in [0.15, 0.2) is 4.77 Å². The van der Waals surface area contributed by atoms with E-state index in [0.29, 0.717) is 29.7 Å². The summed E-state index contributed by atoms with van der Waals surface area (Å²) in [5.41, 5.74) is 1.75. The molecule has 2 aromatic carbocycles. The summed E-state index contributed by atoms with van der Waals surface area (Å²) in [6.45, 7) is 1.10. The maximum Gasteiger partial charge on any atom is 0.262 e. The highest BCUT2D eigenvalue weighted by Crippen LogP contribution is 2.15. The summed E-state index contributed by atoms with van der Waals surface area (Å²) < 4.78 is 2.88. The van der Waals surface area contributed by atoms with Gasteiger partial charge in [-0.25, -0.2) is 0 Å². The molecule has 0 bridgehead atoms. The molecule has 0 unspecified atom stereocenters. The molecule has 3 rings (SSSR count). The highest BCUT2D eigenvalue weighted by Gasteiger charge is 2.07. The molecule has 1 amide bonds. The number of carbonyl (C=O) groups is 1. The first-order valence-corrected chi connectivity index (χ1v) is 10.5. The van der Waals surface area contributed by atoms with Crippen molar-refractivity contribution in [3.8, 4) is 0 Å². The second-order valence-corrected chi connectivity index (χ2v) is 7.95. The third-order valence-electron chi connectivity index (χ3n) is 4.56. The summed E-state index contributed by atoms with van der Waals surface area (Å²) in [5, 5.41) is 3.55. The number of amides is 1. The van der Waals surface area contributed by atoms with Gasteiger partial charge < -0.3 is 10.3 Å². The number of benzene rings is 2. The topological polar surface area (TPSA) is 66.9 Å². The van der Waals surface area contributed by atoms with Crippen LogP contribution in [0.4, 0.5) is 0 Å². The fraction of sp³-hybridized carbons (Fsp3) is 0.286. The first kappa shape index (κ1) is 20.5. The Labute approximate surface area is 176 Å². The van der Waals surface area contributed by atoms with E-state index in [9.17, 15) is 9.59 Å². The zero-order valence-electron chi connectivity index (χ0n) is 15.4. The number of aromatic nitrogens is 2. The van der Waals surface area contributed by atoms with E-state index in [1.165, 1.54) is 0 Å². The van der Waals surface area contributed by atoms with Crippen molar-refractivity contribution in [3.05, 3.63) is 73.7 Å². The van der Waals surface area contributed by atoms with Gasteiger partial charge in [0.25, 0.3) is 5.56 Å². The molecule has 0 aliphatic rings. The van der Waals surface area contributed by atoms with E-state index in [1.54, 1.807) is 10.6 Å². The van der Waals surface area contributed by atoms with Gasteiger partial charge in [-0.15, -0.1) is 0 Å². The number of unbranched alkanes of at least 4 members (excludes halogenated alkanes) is 2. The summed E-state index contributed by atoms with van der Waals surface area (Å²) in [6, 6.07) is 15.4. The third kappa shape index (κ3) is 5.39. The lowest BCUT2D eigenvalue weighted by Crippen LogP contribution is -2.23. The van der Waals surface area contributed by atoms with Gasteiger partial charge in [-0.3, -0.25) is 14.2 Å². The number of aromatic amines is 1. The van der Waals surface area contributed by atoms with Gasteiger partial charge in [-0.2, -0.15) is 0 Å². The normalized spacial score (nSPS) is 10.9.